The quantitative estimate of drug-likeness (QED) is 0.862. The Morgan fingerprint density at radius 1 is 1.45 bits per heavy atom. The second-order valence-electron chi connectivity index (χ2n) is 6.12. The summed E-state index contributed by atoms with van der Waals surface area (Å²) in [5, 5.41) is 4.06. The number of hydrogen-bond acceptors (Lipinski definition) is 2. The molecule has 0 spiro atoms. The van der Waals surface area contributed by atoms with Crippen molar-refractivity contribution in [2.75, 3.05) is 19.6 Å². The molecule has 0 aromatic heterocycles. The predicted octanol–water partition coefficient (Wildman–Crippen LogP) is 3.69. The van der Waals surface area contributed by atoms with Crippen LogP contribution in [-0.2, 0) is 6.54 Å². The zero-order valence-corrected chi connectivity index (χ0v) is 13.1. The molecule has 2 rings (SSSR count). The third kappa shape index (κ3) is 4.72. The molecule has 1 aliphatic rings. The van der Waals surface area contributed by atoms with Crippen LogP contribution < -0.4 is 5.32 Å². The average Bonchev–Trinajstić information content (AvgIpc) is 2.84. The molecule has 0 radical (unpaired) electrons. The Balaban J connectivity index is 2.01. The number of rotatable bonds is 6. The molecule has 2 nitrogen and oxygen atoms in total. The summed E-state index contributed by atoms with van der Waals surface area (Å²) in [5.41, 5.74) is 1.01. The Bertz CT molecular complexity index is 430. The van der Waals surface area contributed by atoms with Crippen molar-refractivity contribution in [2.45, 2.75) is 39.3 Å². The average molecular weight is 299 g/mol. The number of nitrogens with one attached hydrogen (secondary N) is 1. The molecular weight excluding hydrogens is 275 g/mol. The predicted molar refractivity (Wildman–Crippen MR) is 82.5 cm³/mol. The standard InChI is InChI=1S/C16H24ClFN2/c1-12(2)9-20(11-15-4-3-7-19-15)10-13-5-6-14(18)8-16(13)17/h5-6,8,12,15,19H,3-4,7,9-11H2,1-2H3. The fourth-order valence-corrected chi connectivity index (χ4v) is 3.06. The topological polar surface area (TPSA) is 15.3 Å². The Morgan fingerprint density at radius 2 is 2.25 bits per heavy atom. The summed E-state index contributed by atoms with van der Waals surface area (Å²) in [4.78, 5) is 2.42. The van der Waals surface area contributed by atoms with Gasteiger partial charge in [0.05, 0.1) is 0 Å². The van der Waals surface area contributed by atoms with E-state index in [4.69, 9.17) is 11.6 Å². The van der Waals surface area contributed by atoms with Crippen LogP contribution in [0.2, 0.25) is 5.02 Å². The normalized spacial score (nSPS) is 19.2. The summed E-state index contributed by atoms with van der Waals surface area (Å²) in [5.74, 6) is 0.335. The van der Waals surface area contributed by atoms with Crippen LogP contribution in [-0.4, -0.2) is 30.6 Å². The monoisotopic (exact) mass is 298 g/mol. The van der Waals surface area contributed by atoms with E-state index in [9.17, 15) is 4.39 Å². The molecule has 1 aromatic rings. The van der Waals surface area contributed by atoms with Gasteiger partial charge in [-0.1, -0.05) is 31.5 Å². The molecule has 20 heavy (non-hydrogen) atoms. The van der Waals surface area contributed by atoms with Gasteiger partial charge in [-0.15, -0.1) is 0 Å². The van der Waals surface area contributed by atoms with Gasteiger partial charge in [0, 0.05) is 30.7 Å². The third-order valence-electron chi connectivity index (χ3n) is 3.67. The summed E-state index contributed by atoms with van der Waals surface area (Å²) < 4.78 is 13.1. The molecule has 0 aliphatic carbocycles. The van der Waals surface area contributed by atoms with Gasteiger partial charge in [0.15, 0.2) is 0 Å². The number of hydrogen-bond donors (Lipinski definition) is 1. The van der Waals surface area contributed by atoms with Gasteiger partial charge in [-0.25, -0.2) is 4.39 Å². The van der Waals surface area contributed by atoms with Crippen LogP contribution in [0.1, 0.15) is 32.3 Å². The Morgan fingerprint density at radius 3 is 2.85 bits per heavy atom. The summed E-state index contributed by atoms with van der Waals surface area (Å²) in [7, 11) is 0. The molecule has 1 unspecified atom stereocenters. The van der Waals surface area contributed by atoms with Crippen molar-refractivity contribution in [3.05, 3.63) is 34.6 Å². The number of benzene rings is 1. The van der Waals surface area contributed by atoms with Gasteiger partial charge in [-0.2, -0.15) is 0 Å². The van der Waals surface area contributed by atoms with Gasteiger partial charge in [-0.3, -0.25) is 4.90 Å². The van der Waals surface area contributed by atoms with E-state index in [0.717, 1.165) is 31.7 Å². The second-order valence-corrected chi connectivity index (χ2v) is 6.52. The van der Waals surface area contributed by atoms with Crippen LogP contribution in [0, 0.1) is 11.7 Å². The van der Waals surface area contributed by atoms with Crippen LogP contribution in [0.25, 0.3) is 0 Å². The maximum Gasteiger partial charge on any atom is 0.124 e. The van der Waals surface area contributed by atoms with E-state index in [1.54, 1.807) is 6.07 Å². The lowest BCUT2D eigenvalue weighted by molar-refractivity contribution is 0.216. The molecule has 1 heterocycles. The summed E-state index contributed by atoms with van der Waals surface area (Å²) in [6, 6.07) is 5.27. The number of nitrogens with zero attached hydrogens (tertiary/aromatic N) is 1. The molecule has 1 aromatic carbocycles. The Labute approximate surface area is 126 Å². The minimum absolute atomic E-state index is 0.272. The zero-order chi connectivity index (χ0) is 14.5. The Hall–Kier alpha value is -0.640. The largest absolute Gasteiger partial charge is 0.313 e. The van der Waals surface area contributed by atoms with Gasteiger partial charge < -0.3 is 5.32 Å². The van der Waals surface area contributed by atoms with E-state index in [1.165, 1.54) is 25.0 Å². The SMILES string of the molecule is CC(C)CN(Cc1ccc(F)cc1Cl)CC1CCCN1. The summed E-state index contributed by atoms with van der Waals surface area (Å²) >= 11 is 6.14. The van der Waals surface area contributed by atoms with Gasteiger partial charge in [0.1, 0.15) is 5.82 Å². The second kappa shape index (κ2) is 7.39. The first-order valence-electron chi connectivity index (χ1n) is 7.44. The van der Waals surface area contributed by atoms with Crippen molar-refractivity contribution in [3.8, 4) is 0 Å². The van der Waals surface area contributed by atoms with Crippen molar-refractivity contribution in [1.29, 1.82) is 0 Å². The van der Waals surface area contributed by atoms with E-state index < -0.39 is 0 Å². The van der Waals surface area contributed by atoms with Gasteiger partial charge in [0.25, 0.3) is 0 Å². The maximum atomic E-state index is 13.1. The zero-order valence-electron chi connectivity index (χ0n) is 12.3. The fraction of sp³-hybridized carbons (Fsp3) is 0.625. The van der Waals surface area contributed by atoms with Crippen molar-refractivity contribution >= 4 is 11.6 Å². The molecular formula is C16H24ClFN2. The van der Waals surface area contributed by atoms with E-state index in [2.05, 4.69) is 24.1 Å². The van der Waals surface area contributed by atoms with Gasteiger partial charge in [0.2, 0.25) is 0 Å². The Kier molecular flexibility index (Phi) is 5.82. The van der Waals surface area contributed by atoms with Crippen LogP contribution in [0.15, 0.2) is 18.2 Å². The maximum absolute atomic E-state index is 13.1. The lowest BCUT2D eigenvalue weighted by Gasteiger charge is -2.27. The van der Waals surface area contributed by atoms with E-state index in [1.807, 2.05) is 0 Å². The van der Waals surface area contributed by atoms with Crippen LogP contribution in [0.3, 0.4) is 0 Å². The fourth-order valence-electron chi connectivity index (χ4n) is 2.84. The highest BCUT2D eigenvalue weighted by atomic mass is 35.5. The molecule has 1 saturated heterocycles. The van der Waals surface area contributed by atoms with Crippen molar-refractivity contribution < 1.29 is 4.39 Å². The molecule has 0 bridgehead atoms. The highest BCUT2D eigenvalue weighted by Crippen LogP contribution is 2.20. The summed E-state index contributed by atoms with van der Waals surface area (Å²) in [6.07, 6.45) is 2.50. The van der Waals surface area contributed by atoms with Gasteiger partial charge >= 0.3 is 0 Å². The minimum Gasteiger partial charge on any atom is -0.313 e. The van der Waals surface area contributed by atoms with E-state index in [0.29, 0.717) is 17.0 Å². The van der Waals surface area contributed by atoms with Gasteiger partial charge in [-0.05, 0) is 43.0 Å². The van der Waals surface area contributed by atoms with Crippen molar-refractivity contribution in [2.24, 2.45) is 5.92 Å². The molecule has 1 atom stereocenters. The molecule has 1 N–H and O–H groups in total. The van der Waals surface area contributed by atoms with Crippen molar-refractivity contribution in [3.63, 3.8) is 0 Å². The minimum atomic E-state index is -0.272. The molecule has 0 amide bonds. The smallest absolute Gasteiger partial charge is 0.124 e. The first-order valence-corrected chi connectivity index (χ1v) is 7.82. The van der Waals surface area contributed by atoms with E-state index >= 15 is 0 Å². The van der Waals surface area contributed by atoms with E-state index in [-0.39, 0.29) is 5.82 Å². The van der Waals surface area contributed by atoms with Crippen LogP contribution >= 0.6 is 11.6 Å². The first kappa shape index (κ1) is 15.7. The molecule has 1 fully saturated rings. The van der Waals surface area contributed by atoms with Crippen molar-refractivity contribution in [1.82, 2.24) is 10.2 Å². The highest BCUT2D eigenvalue weighted by molar-refractivity contribution is 6.31. The highest BCUT2D eigenvalue weighted by Gasteiger charge is 2.19. The molecule has 0 saturated carbocycles. The number of halogens is 2. The third-order valence-corrected chi connectivity index (χ3v) is 4.03. The molecule has 112 valence electrons. The lowest BCUT2D eigenvalue weighted by atomic mass is 10.1. The molecule has 4 heteroatoms. The first-order chi connectivity index (χ1) is 9.54. The van der Waals surface area contributed by atoms with Crippen LogP contribution in [0.4, 0.5) is 4.39 Å². The van der Waals surface area contributed by atoms with Crippen LogP contribution in [0.5, 0.6) is 0 Å². The lowest BCUT2D eigenvalue weighted by Crippen LogP contribution is -2.39. The summed E-state index contributed by atoms with van der Waals surface area (Å²) in [6.45, 7) is 8.42. The molecule has 1 aliphatic heterocycles.